The van der Waals surface area contributed by atoms with Crippen molar-refractivity contribution in [1.29, 1.82) is 0 Å². The normalized spacial score (nSPS) is 24.2. The lowest BCUT2D eigenvalue weighted by molar-refractivity contribution is -0.118. The topological polar surface area (TPSA) is 150 Å². The van der Waals surface area contributed by atoms with Crippen LogP contribution in [0, 0.1) is 5.92 Å². The van der Waals surface area contributed by atoms with Crippen molar-refractivity contribution >= 4 is 37.1 Å². The summed E-state index contributed by atoms with van der Waals surface area (Å²) in [6, 6.07) is 8.41. The highest BCUT2D eigenvalue weighted by atomic mass is 31.1. The Morgan fingerprint density at radius 3 is 2.72 bits per heavy atom. The van der Waals surface area contributed by atoms with Gasteiger partial charge in [0.25, 0.3) is 0 Å². The number of ether oxygens (including phenoxy) is 1. The van der Waals surface area contributed by atoms with E-state index in [4.69, 9.17) is 13.8 Å². The molecule has 0 spiro atoms. The molecule has 1 amide bonds. The van der Waals surface area contributed by atoms with Gasteiger partial charge in [0.1, 0.15) is 18.3 Å². The molecule has 0 saturated carbocycles. The molecule has 5 atom stereocenters. The van der Waals surface area contributed by atoms with Crippen molar-refractivity contribution < 1.29 is 32.6 Å². The summed E-state index contributed by atoms with van der Waals surface area (Å²) >= 11 is 0. The van der Waals surface area contributed by atoms with E-state index in [9.17, 15) is 14.5 Å². The summed E-state index contributed by atoms with van der Waals surface area (Å²) in [5.41, 5.74) is -1.06. The van der Waals surface area contributed by atoms with Crippen LogP contribution in [0.15, 0.2) is 36.7 Å². The summed E-state index contributed by atoms with van der Waals surface area (Å²) in [5.74, 6) is 0.0438. The molecule has 1 aliphatic rings. The van der Waals surface area contributed by atoms with Gasteiger partial charge in [-0.15, -0.1) is 4.52 Å². The molecule has 1 aromatic carbocycles. The molecule has 14 heteroatoms. The molecule has 12 nitrogen and oxygen atoms in total. The second kappa shape index (κ2) is 10.4. The molecule has 192 valence electrons. The molecule has 1 unspecified atom stereocenters. The largest absolute Gasteiger partial charge is 0.750 e. The first-order valence-electron chi connectivity index (χ1n) is 11.2. The summed E-state index contributed by atoms with van der Waals surface area (Å²) in [7, 11) is -0.982. The van der Waals surface area contributed by atoms with E-state index in [-0.39, 0.29) is 23.4 Å². The van der Waals surface area contributed by atoms with Gasteiger partial charge in [-0.2, -0.15) is 9.97 Å². The Morgan fingerprint density at radius 2 is 2.06 bits per heavy atom. The molecule has 1 fully saturated rings. The molecule has 3 aromatic rings. The third-order valence-electron chi connectivity index (χ3n) is 5.66. The quantitative estimate of drug-likeness (QED) is 0.358. The molecular formula is C22H27FN6O6P+. The van der Waals surface area contributed by atoms with Crippen LogP contribution in [0.2, 0.25) is 0 Å². The molecular weight excluding hydrogens is 494 g/mol. The van der Waals surface area contributed by atoms with Crippen molar-refractivity contribution in [1.82, 2.24) is 19.5 Å². The second-order valence-electron chi connectivity index (χ2n) is 8.73. The number of hydrogen-bond donors (Lipinski definition) is 3. The zero-order chi connectivity index (χ0) is 26.0. The van der Waals surface area contributed by atoms with Crippen molar-refractivity contribution in [2.45, 2.75) is 44.9 Å². The molecule has 1 saturated heterocycles. The zero-order valence-electron chi connectivity index (χ0n) is 20.1. The van der Waals surface area contributed by atoms with Crippen LogP contribution in [0.4, 0.5) is 16.2 Å². The fourth-order valence-corrected chi connectivity index (χ4v) is 4.30. The summed E-state index contributed by atoms with van der Waals surface area (Å²) in [4.78, 5) is 25.0. The van der Waals surface area contributed by atoms with Crippen LogP contribution < -0.4 is 15.2 Å². The SMILES string of the molecule is CNc1nc(NC(=O)C(C)C)nc2c1ncn2[C@@H]1O[C@](C)(CO[P+](=O)Oc2ccccc2)[C@@H](O)[C@H]1F. The minimum atomic E-state index is -2.60. The second-order valence-corrected chi connectivity index (χ2v) is 9.61. The van der Waals surface area contributed by atoms with E-state index in [1.165, 1.54) is 17.8 Å². The number of anilines is 2. The highest BCUT2D eigenvalue weighted by Crippen LogP contribution is 2.42. The molecule has 36 heavy (non-hydrogen) atoms. The smallest absolute Gasteiger partial charge is 0.387 e. The molecule has 0 aliphatic carbocycles. The molecule has 0 bridgehead atoms. The van der Waals surface area contributed by atoms with Gasteiger partial charge in [0.05, 0.1) is 6.33 Å². The Bertz CT molecular complexity index is 1260. The number of hydrogen-bond acceptors (Lipinski definition) is 10. The number of para-hydroxylation sites is 1. The van der Waals surface area contributed by atoms with Gasteiger partial charge < -0.3 is 15.2 Å². The predicted octanol–water partition coefficient (Wildman–Crippen LogP) is 3.20. The highest BCUT2D eigenvalue weighted by Gasteiger charge is 2.55. The van der Waals surface area contributed by atoms with Gasteiger partial charge in [-0.25, -0.2) is 13.9 Å². The fourth-order valence-electron chi connectivity index (χ4n) is 3.60. The number of fused-ring (bicyclic) bond motifs is 1. The molecule has 4 rings (SSSR count). The first-order valence-corrected chi connectivity index (χ1v) is 12.3. The Labute approximate surface area is 207 Å². The van der Waals surface area contributed by atoms with Crippen LogP contribution in [-0.4, -0.2) is 62.1 Å². The van der Waals surface area contributed by atoms with Gasteiger partial charge in [-0.1, -0.05) is 32.0 Å². The molecule has 3 N–H and O–H groups in total. The lowest BCUT2D eigenvalue weighted by Gasteiger charge is -2.24. The number of amides is 1. The Morgan fingerprint density at radius 1 is 1.33 bits per heavy atom. The number of benzene rings is 1. The number of aromatic nitrogens is 4. The number of aliphatic hydroxyl groups excluding tert-OH is 1. The van der Waals surface area contributed by atoms with Gasteiger partial charge in [-0.05, 0) is 19.1 Å². The maximum Gasteiger partial charge on any atom is 0.750 e. The average Bonchev–Trinajstić information content (AvgIpc) is 3.37. The monoisotopic (exact) mass is 521 g/mol. The van der Waals surface area contributed by atoms with Crippen molar-refractivity contribution in [2.24, 2.45) is 5.92 Å². The van der Waals surface area contributed by atoms with Crippen LogP contribution in [0.5, 0.6) is 5.75 Å². The standard InChI is InChI=1S/C22H26FN6O6P/c1-12(2)19(31)28-21-26-17(24-4)15-18(27-21)29(11-25-15)20-14(23)16(30)22(3,34-20)10-33-36(32)35-13-8-6-5-7-9-13/h5-9,11-12,14,16,20,30H,10H2,1-4H3,(H-,24,26,27,28,31)/p+1/t14-,16+,20-,22-/m1/s1. The maximum atomic E-state index is 15.3. The number of carbonyl (C=O) groups is 1. The van der Waals surface area contributed by atoms with E-state index in [2.05, 4.69) is 25.6 Å². The van der Waals surface area contributed by atoms with E-state index >= 15 is 4.39 Å². The third-order valence-corrected chi connectivity index (χ3v) is 6.36. The van der Waals surface area contributed by atoms with Crippen molar-refractivity contribution in [3.8, 4) is 5.75 Å². The summed E-state index contributed by atoms with van der Waals surface area (Å²) < 4.78 is 45.2. The fraction of sp³-hybridized carbons (Fsp3) is 0.455. The summed E-state index contributed by atoms with van der Waals surface area (Å²) in [6.45, 7) is 4.48. The minimum absolute atomic E-state index is 0.00223. The summed E-state index contributed by atoms with van der Waals surface area (Å²) in [5, 5.41) is 16.1. The Hall–Kier alpha value is -3.25. The van der Waals surface area contributed by atoms with Crippen molar-refractivity contribution in [2.75, 3.05) is 24.3 Å². The highest BCUT2D eigenvalue weighted by molar-refractivity contribution is 7.33. The first-order chi connectivity index (χ1) is 17.1. The average molecular weight is 521 g/mol. The lowest BCUT2D eigenvalue weighted by atomic mass is 9.99. The number of halogens is 1. The number of carbonyl (C=O) groups excluding carboxylic acids is 1. The van der Waals surface area contributed by atoms with Crippen LogP contribution >= 0.6 is 8.25 Å². The number of nitrogens with zero attached hydrogens (tertiary/aromatic N) is 4. The number of aliphatic hydroxyl groups is 1. The maximum absolute atomic E-state index is 15.3. The van der Waals surface area contributed by atoms with Crippen LogP contribution in [0.1, 0.15) is 27.0 Å². The van der Waals surface area contributed by atoms with E-state index < -0.39 is 39.0 Å². The zero-order valence-corrected chi connectivity index (χ0v) is 21.0. The van der Waals surface area contributed by atoms with Gasteiger partial charge in [-0.3, -0.25) is 14.7 Å². The first kappa shape index (κ1) is 25.8. The Balaban J connectivity index is 1.55. The van der Waals surface area contributed by atoms with E-state index in [1.54, 1.807) is 51.2 Å². The molecule has 0 radical (unpaired) electrons. The van der Waals surface area contributed by atoms with Crippen LogP contribution in [-0.2, 0) is 18.6 Å². The third kappa shape index (κ3) is 5.14. The lowest BCUT2D eigenvalue weighted by Crippen LogP contribution is -2.42. The van der Waals surface area contributed by atoms with Crippen molar-refractivity contribution in [3.05, 3.63) is 36.7 Å². The van der Waals surface area contributed by atoms with Crippen LogP contribution in [0.25, 0.3) is 11.2 Å². The van der Waals surface area contributed by atoms with Crippen LogP contribution in [0.3, 0.4) is 0 Å². The van der Waals surface area contributed by atoms with Crippen molar-refractivity contribution in [3.63, 3.8) is 0 Å². The van der Waals surface area contributed by atoms with E-state index in [1.807, 2.05) is 0 Å². The number of alkyl halides is 1. The number of imidazole rings is 1. The summed E-state index contributed by atoms with van der Waals surface area (Å²) in [6.07, 6.45) is -3.54. The minimum Gasteiger partial charge on any atom is -0.387 e. The van der Waals surface area contributed by atoms with Gasteiger partial charge in [0.15, 0.2) is 35.1 Å². The van der Waals surface area contributed by atoms with Gasteiger partial charge >= 0.3 is 8.25 Å². The number of nitrogens with one attached hydrogen (secondary N) is 2. The molecule has 3 heterocycles. The Kier molecular flexibility index (Phi) is 7.46. The predicted molar refractivity (Wildman–Crippen MR) is 128 cm³/mol. The van der Waals surface area contributed by atoms with Gasteiger partial charge in [0, 0.05) is 17.5 Å². The molecule has 1 aliphatic heterocycles. The molecule has 2 aromatic heterocycles. The van der Waals surface area contributed by atoms with Gasteiger partial charge in [0.2, 0.25) is 11.9 Å². The van der Waals surface area contributed by atoms with E-state index in [0.29, 0.717) is 17.1 Å². The van der Waals surface area contributed by atoms with E-state index in [0.717, 1.165) is 0 Å². The number of rotatable bonds is 9.